The maximum atomic E-state index is 6.08. The first kappa shape index (κ1) is 14.2. The molecule has 4 nitrogen and oxygen atoms in total. The van der Waals surface area contributed by atoms with Gasteiger partial charge in [0.05, 0.1) is 5.69 Å². The van der Waals surface area contributed by atoms with E-state index in [0.717, 1.165) is 22.3 Å². The second kappa shape index (κ2) is 5.97. The van der Waals surface area contributed by atoms with Crippen LogP contribution < -0.4 is 4.74 Å². The minimum atomic E-state index is 0.273. The first-order chi connectivity index (χ1) is 10.8. The number of halogens is 1. The zero-order valence-corrected chi connectivity index (χ0v) is 13.9. The van der Waals surface area contributed by atoms with Gasteiger partial charge in [0, 0.05) is 22.6 Å². The molecule has 4 heterocycles. The molecular weight excluding hydrogens is 342 g/mol. The number of fused-ring (bicyclic) bond motifs is 3. The molecule has 0 radical (unpaired) electrons. The van der Waals surface area contributed by atoms with Crippen molar-refractivity contribution in [2.24, 2.45) is 5.92 Å². The lowest BCUT2D eigenvalue weighted by Crippen LogP contribution is -2.52. The van der Waals surface area contributed by atoms with Gasteiger partial charge in [0.15, 0.2) is 0 Å². The average molecular weight is 360 g/mol. The molecule has 2 bridgehead atoms. The van der Waals surface area contributed by atoms with E-state index < -0.39 is 0 Å². The molecule has 5 heteroatoms. The fourth-order valence-electron chi connectivity index (χ4n) is 3.36. The van der Waals surface area contributed by atoms with Crippen molar-refractivity contribution < 1.29 is 4.74 Å². The van der Waals surface area contributed by atoms with Gasteiger partial charge >= 0.3 is 0 Å². The summed E-state index contributed by atoms with van der Waals surface area (Å²) in [5.41, 5.74) is 1.93. The second-order valence-corrected chi connectivity index (χ2v) is 6.97. The molecular formula is C17H18BrN3O. The molecule has 114 valence electrons. The number of ether oxygens (including phenoxy) is 1. The standard InChI is InChI=1S/C17H18BrN3O/c18-14-3-1-12(2-4-14)15-5-6-17(20-19-15)22-16-11-21-9-7-13(16)8-10-21/h1-6,13,16H,7-11H2/t16-/m0/s1. The lowest BCUT2D eigenvalue weighted by molar-refractivity contribution is -0.0103. The van der Waals surface area contributed by atoms with Crippen molar-refractivity contribution in [2.45, 2.75) is 18.9 Å². The molecule has 3 fully saturated rings. The van der Waals surface area contributed by atoms with Crippen LogP contribution in [-0.2, 0) is 0 Å². The molecule has 3 aliphatic rings. The zero-order chi connectivity index (χ0) is 14.9. The van der Waals surface area contributed by atoms with Crippen molar-refractivity contribution in [3.63, 3.8) is 0 Å². The van der Waals surface area contributed by atoms with E-state index in [-0.39, 0.29) is 6.10 Å². The Labute approximate surface area is 138 Å². The maximum Gasteiger partial charge on any atom is 0.233 e. The van der Waals surface area contributed by atoms with E-state index in [0.29, 0.717) is 11.8 Å². The number of nitrogens with zero attached hydrogens (tertiary/aromatic N) is 3. The highest BCUT2D eigenvalue weighted by atomic mass is 79.9. The number of piperidine rings is 3. The topological polar surface area (TPSA) is 38.2 Å². The molecule has 3 saturated heterocycles. The fourth-order valence-corrected chi connectivity index (χ4v) is 3.62. The molecule has 2 aromatic rings. The number of benzene rings is 1. The number of hydrogen-bond donors (Lipinski definition) is 0. The van der Waals surface area contributed by atoms with Crippen LogP contribution in [0.25, 0.3) is 11.3 Å². The quantitative estimate of drug-likeness (QED) is 0.841. The summed E-state index contributed by atoms with van der Waals surface area (Å²) in [7, 11) is 0. The van der Waals surface area contributed by atoms with Crippen LogP contribution in [0.15, 0.2) is 40.9 Å². The summed E-state index contributed by atoms with van der Waals surface area (Å²) in [6.07, 6.45) is 2.76. The minimum absolute atomic E-state index is 0.273. The van der Waals surface area contributed by atoms with E-state index in [1.807, 2.05) is 36.4 Å². The van der Waals surface area contributed by atoms with E-state index in [4.69, 9.17) is 4.74 Å². The molecule has 0 amide bonds. The summed E-state index contributed by atoms with van der Waals surface area (Å²) in [6.45, 7) is 3.47. The normalized spacial score (nSPS) is 26.9. The Morgan fingerprint density at radius 2 is 1.77 bits per heavy atom. The summed E-state index contributed by atoms with van der Waals surface area (Å²) < 4.78 is 7.14. The van der Waals surface area contributed by atoms with Crippen molar-refractivity contribution in [1.82, 2.24) is 15.1 Å². The van der Waals surface area contributed by atoms with Crippen LogP contribution in [0, 0.1) is 5.92 Å². The van der Waals surface area contributed by atoms with E-state index in [9.17, 15) is 0 Å². The lowest BCUT2D eigenvalue weighted by Gasteiger charge is -2.44. The Bertz CT molecular complexity index is 636. The molecule has 0 N–H and O–H groups in total. The molecule has 0 spiro atoms. The van der Waals surface area contributed by atoms with Crippen molar-refractivity contribution in [2.75, 3.05) is 19.6 Å². The Hall–Kier alpha value is -1.46. The largest absolute Gasteiger partial charge is 0.472 e. The third kappa shape index (κ3) is 2.88. The van der Waals surface area contributed by atoms with Crippen molar-refractivity contribution >= 4 is 15.9 Å². The van der Waals surface area contributed by atoms with Gasteiger partial charge < -0.3 is 4.74 Å². The SMILES string of the molecule is Brc1ccc(-c2ccc(O[C@H]3CN4CCC3CC4)nn2)cc1. The first-order valence-corrected chi connectivity index (χ1v) is 8.56. The summed E-state index contributed by atoms with van der Waals surface area (Å²) in [4.78, 5) is 2.48. The monoisotopic (exact) mass is 359 g/mol. The molecule has 5 rings (SSSR count). The van der Waals surface area contributed by atoms with Crippen LogP contribution in [0.5, 0.6) is 5.88 Å². The van der Waals surface area contributed by atoms with Crippen LogP contribution in [-0.4, -0.2) is 40.8 Å². The van der Waals surface area contributed by atoms with Gasteiger partial charge in [-0.25, -0.2) is 0 Å². The molecule has 0 saturated carbocycles. The second-order valence-electron chi connectivity index (χ2n) is 6.06. The van der Waals surface area contributed by atoms with Gasteiger partial charge in [-0.3, -0.25) is 4.90 Å². The Morgan fingerprint density at radius 1 is 1.00 bits per heavy atom. The van der Waals surface area contributed by atoms with Crippen molar-refractivity contribution in [1.29, 1.82) is 0 Å². The molecule has 1 aromatic heterocycles. The average Bonchev–Trinajstić information content (AvgIpc) is 2.58. The first-order valence-electron chi connectivity index (χ1n) is 7.76. The summed E-state index contributed by atoms with van der Waals surface area (Å²) in [6, 6.07) is 12.0. The Kier molecular flexibility index (Phi) is 3.84. The predicted molar refractivity (Wildman–Crippen MR) is 88.7 cm³/mol. The molecule has 1 atom stereocenters. The summed E-state index contributed by atoms with van der Waals surface area (Å²) in [5.74, 6) is 1.32. The Balaban J connectivity index is 1.46. The highest BCUT2D eigenvalue weighted by Crippen LogP contribution is 2.30. The highest BCUT2D eigenvalue weighted by molar-refractivity contribution is 9.10. The number of rotatable bonds is 3. The third-order valence-electron chi connectivity index (χ3n) is 4.65. The van der Waals surface area contributed by atoms with Crippen LogP contribution in [0.3, 0.4) is 0 Å². The van der Waals surface area contributed by atoms with Crippen LogP contribution in [0.4, 0.5) is 0 Å². The van der Waals surface area contributed by atoms with Gasteiger partial charge in [-0.2, -0.15) is 0 Å². The lowest BCUT2D eigenvalue weighted by atomic mass is 9.86. The number of hydrogen-bond acceptors (Lipinski definition) is 4. The fraction of sp³-hybridized carbons (Fsp3) is 0.412. The third-order valence-corrected chi connectivity index (χ3v) is 5.18. The molecule has 1 aromatic carbocycles. The van der Waals surface area contributed by atoms with Gasteiger partial charge in [-0.1, -0.05) is 28.1 Å². The van der Waals surface area contributed by atoms with Gasteiger partial charge in [-0.15, -0.1) is 10.2 Å². The van der Waals surface area contributed by atoms with E-state index in [1.165, 1.54) is 25.9 Å². The van der Waals surface area contributed by atoms with E-state index >= 15 is 0 Å². The van der Waals surface area contributed by atoms with E-state index in [2.05, 4.69) is 31.0 Å². The molecule has 3 aliphatic heterocycles. The molecule has 0 unspecified atom stereocenters. The zero-order valence-electron chi connectivity index (χ0n) is 12.3. The van der Waals surface area contributed by atoms with Crippen LogP contribution in [0.1, 0.15) is 12.8 Å². The van der Waals surface area contributed by atoms with Crippen molar-refractivity contribution in [3.05, 3.63) is 40.9 Å². The Morgan fingerprint density at radius 3 is 2.36 bits per heavy atom. The van der Waals surface area contributed by atoms with E-state index in [1.54, 1.807) is 0 Å². The minimum Gasteiger partial charge on any atom is -0.472 e. The van der Waals surface area contributed by atoms with Gasteiger partial charge in [0.2, 0.25) is 5.88 Å². The van der Waals surface area contributed by atoms with Crippen LogP contribution in [0.2, 0.25) is 0 Å². The van der Waals surface area contributed by atoms with Gasteiger partial charge in [0.25, 0.3) is 0 Å². The van der Waals surface area contributed by atoms with Crippen molar-refractivity contribution in [3.8, 4) is 17.1 Å². The molecule has 0 aliphatic carbocycles. The van der Waals surface area contributed by atoms with Crippen LogP contribution >= 0.6 is 15.9 Å². The van der Waals surface area contributed by atoms with Gasteiger partial charge in [0.1, 0.15) is 6.10 Å². The summed E-state index contributed by atoms with van der Waals surface area (Å²) in [5, 5.41) is 8.55. The summed E-state index contributed by atoms with van der Waals surface area (Å²) >= 11 is 3.44. The predicted octanol–water partition coefficient (Wildman–Crippen LogP) is 3.38. The maximum absolute atomic E-state index is 6.08. The number of aromatic nitrogens is 2. The molecule has 22 heavy (non-hydrogen) atoms. The highest BCUT2D eigenvalue weighted by Gasteiger charge is 2.35. The van der Waals surface area contributed by atoms with Gasteiger partial charge in [-0.05, 0) is 50.0 Å². The smallest absolute Gasteiger partial charge is 0.233 e.